The predicted octanol–water partition coefficient (Wildman–Crippen LogP) is 2.70. The second-order valence-electron chi connectivity index (χ2n) is 5.74. The van der Waals surface area contributed by atoms with Crippen LogP contribution >= 0.6 is 0 Å². The first-order chi connectivity index (χ1) is 9.02. The molecule has 0 N–H and O–H groups in total. The minimum Gasteiger partial charge on any atom is -0.494 e. The summed E-state index contributed by atoms with van der Waals surface area (Å²) >= 11 is 0. The van der Waals surface area contributed by atoms with E-state index in [1.54, 1.807) is 0 Å². The molecule has 1 aromatic carbocycles. The molecule has 0 fully saturated rings. The van der Waals surface area contributed by atoms with Crippen LogP contribution in [0.15, 0.2) is 12.1 Å². The van der Waals surface area contributed by atoms with E-state index in [2.05, 4.69) is 56.9 Å². The highest BCUT2D eigenvalue weighted by Crippen LogP contribution is 2.34. The van der Waals surface area contributed by atoms with Crippen molar-refractivity contribution in [1.29, 1.82) is 0 Å². The molecule has 0 bridgehead atoms. The number of hydrogen-bond acceptors (Lipinski definition) is 3. The van der Waals surface area contributed by atoms with E-state index in [9.17, 15) is 0 Å². The average Bonchev–Trinajstić information content (AvgIpc) is 2.35. The van der Waals surface area contributed by atoms with Crippen molar-refractivity contribution in [2.45, 2.75) is 32.9 Å². The quantitative estimate of drug-likeness (QED) is 0.830. The van der Waals surface area contributed by atoms with Crippen LogP contribution in [0.5, 0.6) is 5.75 Å². The zero-order chi connectivity index (χ0) is 14.0. The summed E-state index contributed by atoms with van der Waals surface area (Å²) in [7, 11) is 6.40. The molecule has 2 rings (SSSR count). The third-order valence-corrected chi connectivity index (χ3v) is 3.95. The van der Waals surface area contributed by atoms with E-state index in [-0.39, 0.29) is 0 Å². The normalized spacial score (nSPS) is 19.6. The second-order valence-corrected chi connectivity index (χ2v) is 5.74. The molecule has 0 amide bonds. The second kappa shape index (κ2) is 5.93. The number of benzene rings is 1. The molecule has 1 unspecified atom stereocenters. The standard InChI is InChI=1S/C16H26N2O/c1-6-19-16-10-15-12(2)18(5)8-7-13(15)9-14(16)11-17(3)4/h9-10,12H,6-8,11H2,1-5H3. The molecule has 0 aromatic heterocycles. The Morgan fingerprint density at radius 1 is 1.37 bits per heavy atom. The third kappa shape index (κ3) is 3.10. The lowest BCUT2D eigenvalue weighted by atomic mass is 9.91. The SMILES string of the molecule is CCOc1cc2c(cc1CN(C)C)CCN(C)C2C. The summed E-state index contributed by atoms with van der Waals surface area (Å²) in [5.74, 6) is 1.05. The Morgan fingerprint density at radius 2 is 2.11 bits per heavy atom. The number of rotatable bonds is 4. The highest BCUT2D eigenvalue weighted by atomic mass is 16.5. The lowest BCUT2D eigenvalue weighted by Gasteiger charge is -2.33. The fourth-order valence-electron chi connectivity index (χ4n) is 2.78. The summed E-state index contributed by atoms with van der Waals surface area (Å²) in [6.07, 6.45) is 1.14. The molecule has 1 atom stereocenters. The van der Waals surface area contributed by atoms with Gasteiger partial charge in [0.25, 0.3) is 0 Å². The van der Waals surface area contributed by atoms with E-state index in [4.69, 9.17) is 4.74 Å². The van der Waals surface area contributed by atoms with Gasteiger partial charge in [0.15, 0.2) is 0 Å². The number of ether oxygens (including phenoxy) is 1. The molecular formula is C16H26N2O. The summed E-state index contributed by atoms with van der Waals surface area (Å²) in [6.45, 7) is 7.13. The van der Waals surface area contributed by atoms with Crippen LogP contribution < -0.4 is 4.74 Å². The highest BCUT2D eigenvalue weighted by Gasteiger charge is 2.23. The van der Waals surface area contributed by atoms with Crippen LogP contribution in [0.4, 0.5) is 0 Å². The van der Waals surface area contributed by atoms with Gasteiger partial charge < -0.3 is 9.64 Å². The molecule has 1 aliphatic rings. The van der Waals surface area contributed by atoms with Crippen LogP contribution in [0, 0.1) is 0 Å². The van der Waals surface area contributed by atoms with Crippen LogP contribution in [0.25, 0.3) is 0 Å². The van der Waals surface area contributed by atoms with Gasteiger partial charge in [-0.2, -0.15) is 0 Å². The lowest BCUT2D eigenvalue weighted by Crippen LogP contribution is -2.30. The number of hydrogen-bond donors (Lipinski definition) is 0. The summed E-state index contributed by atoms with van der Waals surface area (Å²) in [5.41, 5.74) is 4.23. The molecule has 0 saturated carbocycles. The van der Waals surface area contributed by atoms with E-state index < -0.39 is 0 Å². The molecule has 1 aromatic rings. The Bertz CT molecular complexity index is 443. The molecule has 0 radical (unpaired) electrons. The van der Waals surface area contributed by atoms with Crippen LogP contribution in [0.3, 0.4) is 0 Å². The fourth-order valence-corrected chi connectivity index (χ4v) is 2.78. The van der Waals surface area contributed by atoms with Crippen molar-refractivity contribution in [1.82, 2.24) is 9.80 Å². The van der Waals surface area contributed by atoms with Crippen molar-refractivity contribution in [3.05, 3.63) is 28.8 Å². The Hall–Kier alpha value is -1.06. The predicted molar refractivity (Wildman–Crippen MR) is 79.8 cm³/mol. The number of likely N-dealkylation sites (N-methyl/N-ethyl adjacent to an activating group) is 1. The fraction of sp³-hybridized carbons (Fsp3) is 0.625. The molecular weight excluding hydrogens is 236 g/mol. The molecule has 3 nitrogen and oxygen atoms in total. The molecule has 0 aliphatic carbocycles. The first-order valence-corrected chi connectivity index (χ1v) is 7.16. The molecule has 1 heterocycles. The summed E-state index contributed by atoms with van der Waals surface area (Å²) in [4.78, 5) is 4.60. The minimum absolute atomic E-state index is 0.483. The Kier molecular flexibility index (Phi) is 4.48. The van der Waals surface area contributed by atoms with Gasteiger partial charge in [-0.3, -0.25) is 4.90 Å². The van der Waals surface area contributed by atoms with Crippen LogP contribution in [-0.2, 0) is 13.0 Å². The minimum atomic E-state index is 0.483. The van der Waals surface area contributed by atoms with Crippen molar-refractivity contribution < 1.29 is 4.74 Å². The van der Waals surface area contributed by atoms with Crippen LogP contribution in [0.1, 0.15) is 36.6 Å². The summed E-state index contributed by atoms with van der Waals surface area (Å²) in [6, 6.07) is 5.10. The molecule has 19 heavy (non-hydrogen) atoms. The van der Waals surface area contributed by atoms with Crippen LogP contribution in [0.2, 0.25) is 0 Å². The van der Waals surface area contributed by atoms with Crippen molar-refractivity contribution >= 4 is 0 Å². The summed E-state index contributed by atoms with van der Waals surface area (Å²) in [5, 5.41) is 0. The molecule has 3 heteroatoms. The van der Waals surface area contributed by atoms with Crippen molar-refractivity contribution in [3.8, 4) is 5.75 Å². The number of fused-ring (bicyclic) bond motifs is 1. The summed E-state index contributed by atoms with van der Waals surface area (Å²) < 4.78 is 5.84. The maximum absolute atomic E-state index is 5.84. The zero-order valence-electron chi connectivity index (χ0n) is 12.9. The van der Waals surface area contributed by atoms with Gasteiger partial charge in [-0.25, -0.2) is 0 Å². The van der Waals surface area contributed by atoms with E-state index in [1.807, 2.05) is 0 Å². The van der Waals surface area contributed by atoms with Crippen molar-refractivity contribution in [2.75, 3.05) is 34.3 Å². The van der Waals surface area contributed by atoms with Gasteiger partial charge in [-0.15, -0.1) is 0 Å². The first-order valence-electron chi connectivity index (χ1n) is 7.16. The lowest BCUT2D eigenvalue weighted by molar-refractivity contribution is 0.245. The van der Waals surface area contributed by atoms with E-state index in [0.29, 0.717) is 6.04 Å². The van der Waals surface area contributed by atoms with Gasteiger partial charge in [0.2, 0.25) is 0 Å². The molecule has 0 spiro atoms. The van der Waals surface area contributed by atoms with Gasteiger partial charge in [0, 0.05) is 24.7 Å². The van der Waals surface area contributed by atoms with E-state index >= 15 is 0 Å². The number of nitrogens with zero attached hydrogens (tertiary/aromatic N) is 2. The zero-order valence-corrected chi connectivity index (χ0v) is 12.9. The Balaban J connectivity index is 2.40. The molecule has 106 valence electrons. The smallest absolute Gasteiger partial charge is 0.124 e. The van der Waals surface area contributed by atoms with E-state index in [1.165, 1.54) is 16.7 Å². The van der Waals surface area contributed by atoms with Gasteiger partial charge in [-0.05, 0) is 58.6 Å². The Labute approximate surface area is 117 Å². The topological polar surface area (TPSA) is 15.7 Å². The largest absolute Gasteiger partial charge is 0.494 e. The van der Waals surface area contributed by atoms with Crippen molar-refractivity contribution in [2.24, 2.45) is 0 Å². The maximum Gasteiger partial charge on any atom is 0.124 e. The van der Waals surface area contributed by atoms with E-state index in [0.717, 1.165) is 31.9 Å². The molecule has 0 saturated heterocycles. The first kappa shape index (κ1) is 14.4. The average molecular weight is 262 g/mol. The van der Waals surface area contributed by atoms with Gasteiger partial charge >= 0.3 is 0 Å². The maximum atomic E-state index is 5.84. The van der Waals surface area contributed by atoms with Gasteiger partial charge in [-0.1, -0.05) is 6.07 Å². The highest BCUT2D eigenvalue weighted by molar-refractivity contribution is 5.45. The van der Waals surface area contributed by atoms with Gasteiger partial charge in [0.05, 0.1) is 6.61 Å². The molecule has 1 aliphatic heterocycles. The third-order valence-electron chi connectivity index (χ3n) is 3.95. The Morgan fingerprint density at radius 3 is 2.74 bits per heavy atom. The van der Waals surface area contributed by atoms with Crippen LogP contribution in [-0.4, -0.2) is 44.1 Å². The van der Waals surface area contributed by atoms with Gasteiger partial charge in [0.1, 0.15) is 5.75 Å². The van der Waals surface area contributed by atoms with Crippen molar-refractivity contribution in [3.63, 3.8) is 0 Å². The monoisotopic (exact) mass is 262 g/mol.